The van der Waals surface area contributed by atoms with Crippen LogP contribution in [0.3, 0.4) is 0 Å². The molecule has 0 radical (unpaired) electrons. The average molecular weight is 399 g/mol. The van der Waals surface area contributed by atoms with E-state index in [0.717, 1.165) is 16.8 Å². The van der Waals surface area contributed by atoms with Crippen molar-refractivity contribution in [3.05, 3.63) is 59.7 Å². The predicted molar refractivity (Wildman–Crippen MR) is 111 cm³/mol. The highest BCUT2D eigenvalue weighted by Gasteiger charge is 2.31. The molecule has 28 heavy (non-hydrogen) atoms. The molecule has 0 aromatic heterocycles. The van der Waals surface area contributed by atoms with Crippen LogP contribution in [0.25, 0.3) is 0 Å². The van der Waals surface area contributed by atoms with Gasteiger partial charge in [0.15, 0.2) is 0 Å². The number of hydrogen-bond acceptors (Lipinski definition) is 5. The lowest BCUT2D eigenvalue weighted by molar-refractivity contribution is 0.162. The molecule has 2 aromatic rings. The third kappa shape index (κ3) is 4.20. The highest BCUT2D eigenvalue weighted by Crippen LogP contribution is 2.26. The minimum atomic E-state index is -3.50. The van der Waals surface area contributed by atoms with Crippen LogP contribution in [0, 0.1) is 18.3 Å². The van der Waals surface area contributed by atoms with E-state index in [1.165, 1.54) is 4.31 Å². The summed E-state index contributed by atoms with van der Waals surface area (Å²) in [6.07, 6.45) is 0. The lowest BCUT2D eigenvalue weighted by Crippen LogP contribution is -2.49. The van der Waals surface area contributed by atoms with Gasteiger partial charge < -0.3 is 4.90 Å². The smallest absolute Gasteiger partial charge is 0.243 e. The van der Waals surface area contributed by atoms with Gasteiger partial charge in [0.1, 0.15) is 6.04 Å². The molecule has 0 bridgehead atoms. The van der Waals surface area contributed by atoms with Crippen molar-refractivity contribution < 1.29 is 8.42 Å². The molecule has 148 valence electrons. The van der Waals surface area contributed by atoms with Gasteiger partial charge in [0.05, 0.1) is 11.0 Å². The summed E-state index contributed by atoms with van der Waals surface area (Å²) in [6.45, 7) is 3.70. The van der Waals surface area contributed by atoms with Gasteiger partial charge in [-0.3, -0.25) is 4.90 Å². The maximum absolute atomic E-state index is 12.9. The van der Waals surface area contributed by atoms with E-state index in [-0.39, 0.29) is 6.04 Å². The van der Waals surface area contributed by atoms with Gasteiger partial charge in [0.2, 0.25) is 10.0 Å². The first-order valence-corrected chi connectivity index (χ1v) is 10.7. The van der Waals surface area contributed by atoms with E-state index in [1.54, 1.807) is 18.2 Å². The number of benzene rings is 2. The molecule has 2 aromatic carbocycles. The van der Waals surface area contributed by atoms with Gasteiger partial charge in [-0.25, -0.2) is 8.42 Å². The highest BCUT2D eigenvalue weighted by atomic mass is 32.2. The van der Waals surface area contributed by atoms with Crippen LogP contribution in [0.15, 0.2) is 53.4 Å². The number of nitriles is 1. The maximum atomic E-state index is 12.9. The Morgan fingerprint density at radius 3 is 2.21 bits per heavy atom. The van der Waals surface area contributed by atoms with Crippen LogP contribution in [0.2, 0.25) is 0 Å². The van der Waals surface area contributed by atoms with Crippen molar-refractivity contribution in [3.8, 4) is 6.07 Å². The fourth-order valence-corrected chi connectivity index (χ4v) is 4.98. The zero-order chi connectivity index (χ0) is 20.3. The van der Waals surface area contributed by atoms with E-state index in [4.69, 9.17) is 0 Å². The molecule has 6 nitrogen and oxygen atoms in total. The van der Waals surface area contributed by atoms with E-state index in [9.17, 15) is 13.7 Å². The van der Waals surface area contributed by atoms with Gasteiger partial charge in [-0.15, -0.1) is 0 Å². The Morgan fingerprint density at radius 2 is 1.68 bits per heavy atom. The summed E-state index contributed by atoms with van der Waals surface area (Å²) in [4.78, 5) is 4.39. The maximum Gasteiger partial charge on any atom is 0.243 e. The fraction of sp³-hybridized carbons (Fsp3) is 0.381. The minimum absolute atomic E-state index is 0.331. The molecule has 1 fully saturated rings. The van der Waals surface area contributed by atoms with E-state index in [0.29, 0.717) is 31.1 Å². The Kier molecular flexibility index (Phi) is 6.04. The number of hydrogen-bond donors (Lipinski definition) is 0. The fourth-order valence-electron chi connectivity index (χ4n) is 3.45. The zero-order valence-electron chi connectivity index (χ0n) is 16.5. The lowest BCUT2D eigenvalue weighted by Gasteiger charge is -2.36. The van der Waals surface area contributed by atoms with Gasteiger partial charge in [0, 0.05) is 46.0 Å². The quantitative estimate of drug-likeness (QED) is 0.775. The largest absolute Gasteiger partial charge is 0.378 e. The van der Waals surface area contributed by atoms with Crippen molar-refractivity contribution in [1.29, 1.82) is 5.26 Å². The average Bonchev–Trinajstić information content (AvgIpc) is 2.69. The van der Waals surface area contributed by atoms with Crippen LogP contribution < -0.4 is 4.90 Å². The summed E-state index contributed by atoms with van der Waals surface area (Å²) in [5, 5.41) is 9.71. The first-order chi connectivity index (χ1) is 13.3. The van der Waals surface area contributed by atoms with Crippen LogP contribution >= 0.6 is 0 Å². The summed E-state index contributed by atoms with van der Waals surface area (Å²) < 4.78 is 27.3. The Bertz CT molecular complexity index is 957. The Labute approximate surface area is 167 Å². The number of rotatable bonds is 5. The van der Waals surface area contributed by atoms with Gasteiger partial charge in [0.25, 0.3) is 0 Å². The molecule has 1 aliphatic heterocycles. The summed E-state index contributed by atoms with van der Waals surface area (Å²) in [7, 11) is 0.452. The third-order valence-electron chi connectivity index (χ3n) is 5.11. The standard InChI is InChI=1S/C21H26N4O2S/c1-17-5-4-6-20(15-17)28(26,27)25-13-11-24(12-14-25)21(16-22)18-7-9-19(10-8-18)23(2)3/h4-10,15,21H,11-14H2,1-3H3. The Balaban J connectivity index is 1.71. The van der Waals surface area contributed by atoms with Crippen molar-refractivity contribution >= 4 is 15.7 Å². The van der Waals surface area contributed by atoms with Gasteiger partial charge in [-0.2, -0.15) is 9.57 Å². The molecule has 0 aliphatic carbocycles. The molecule has 0 N–H and O–H groups in total. The zero-order valence-corrected chi connectivity index (χ0v) is 17.4. The van der Waals surface area contributed by atoms with Crippen LogP contribution in [0.4, 0.5) is 5.69 Å². The van der Waals surface area contributed by atoms with Crippen molar-refractivity contribution in [1.82, 2.24) is 9.21 Å². The number of nitrogens with zero attached hydrogens (tertiary/aromatic N) is 4. The second kappa shape index (κ2) is 8.31. The Morgan fingerprint density at radius 1 is 1.04 bits per heavy atom. The first-order valence-electron chi connectivity index (χ1n) is 9.30. The van der Waals surface area contributed by atoms with Crippen molar-refractivity contribution in [3.63, 3.8) is 0 Å². The molecule has 7 heteroatoms. The highest BCUT2D eigenvalue weighted by molar-refractivity contribution is 7.89. The number of sulfonamides is 1. The minimum Gasteiger partial charge on any atom is -0.378 e. The van der Waals surface area contributed by atoms with E-state index in [2.05, 4.69) is 6.07 Å². The van der Waals surface area contributed by atoms with Crippen LogP contribution in [0.1, 0.15) is 17.2 Å². The third-order valence-corrected chi connectivity index (χ3v) is 7.01. The molecule has 1 heterocycles. The molecule has 0 spiro atoms. The van der Waals surface area contributed by atoms with Crippen LogP contribution in [-0.2, 0) is 10.0 Å². The molecule has 0 amide bonds. The molecule has 0 saturated carbocycles. The number of anilines is 1. The van der Waals surface area contributed by atoms with E-state index in [1.807, 2.05) is 61.2 Å². The topological polar surface area (TPSA) is 67.6 Å². The molecule has 1 saturated heterocycles. The van der Waals surface area contributed by atoms with Gasteiger partial charge in [-0.1, -0.05) is 24.3 Å². The van der Waals surface area contributed by atoms with Gasteiger partial charge >= 0.3 is 0 Å². The summed E-state index contributed by atoms with van der Waals surface area (Å²) >= 11 is 0. The lowest BCUT2D eigenvalue weighted by atomic mass is 10.1. The second-order valence-electron chi connectivity index (χ2n) is 7.27. The molecular formula is C21H26N4O2S. The number of aryl methyl sites for hydroxylation is 1. The second-order valence-corrected chi connectivity index (χ2v) is 9.21. The molecule has 3 rings (SSSR count). The summed E-state index contributed by atoms with van der Waals surface area (Å²) in [5.74, 6) is 0. The molecular weight excluding hydrogens is 372 g/mol. The van der Waals surface area contributed by atoms with Crippen molar-refractivity contribution in [2.75, 3.05) is 45.2 Å². The monoisotopic (exact) mass is 398 g/mol. The van der Waals surface area contributed by atoms with Crippen molar-refractivity contribution in [2.24, 2.45) is 0 Å². The summed E-state index contributed by atoms with van der Waals surface area (Å²) in [6, 6.07) is 16.9. The van der Waals surface area contributed by atoms with E-state index < -0.39 is 10.0 Å². The summed E-state index contributed by atoms with van der Waals surface area (Å²) in [5.41, 5.74) is 2.93. The van der Waals surface area contributed by atoms with Gasteiger partial charge in [-0.05, 0) is 42.3 Å². The normalized spacial score (nSPS) is 17.1. The van der Waals surface area contributed by atoms with Crippen LogP contribution in [0.5, 0.6) is 0 Å². The predicted octanol–water partition coefficient (Wildman–Crippen LogP) is 2.63. The first kappa shape index (κ1) is 20.3. The number of piperazine rings is 1. The SMILES string of the molecule is Cc1cccc(S(=O)(=O)N2CCN(C(C#N)c3ccc(N(C)C)cc3)CC2)c1. The van der Waals surface area contributed by atoms with Crippen LogP contribution in [-0.4, -0.2) is 57.9 Å². The van der Waals surface area contributed by atoms with E-state index >= 15 is 0 Å². The molecule has 1 atom stereocenters. The molecule has 1 aliphatic rings. The molecule has 1 unspecified atom stereocenters. The Hall–Kier alpha value is -2.40. The van der Waals surface area contributed by atoms with Crippen molar-refractivity contribution in [2.45, 2.75) is 17.9 Å².